The molecule has 0 radical (unpaired) electrons. The first kappa shape index (κ1) is 31.5. The lowest BCUT2D eigenvalue weighted by molar-refractivity contribution is -0.114. The van der Waals surface area contributed by atoms with Crippen molar-refractivity contribution in [1.82, 2.24) is 0 Å². The minimum Gasteiger partial charge on any atom is -0.414 e. The van der Waals surface area contributed by atoms with E-state index in [0.29, 0.717) is 0 Å². The van der Waals surface area contributed by atoms with Crippen LogP contribution in [0.15, 0.2) is 24.3 Å². The number of aldehydes is 1. The fourth-order valence-corrected chi connectivity index (χ4v) is 6.85. The summed E-state index contributed by atoms with van der Waals surface area (Å²) in [5.41, 5.74) is 0. The SMILES string of the molecule is CCCCC/C=C\C/C=C\C[C@@H]1[C@H](C=O)[C@@H](O[Si](C)(C)C(C)(C)C)C[C@H]1O[Si](C)(C)C(C)(C)C. The molecule has 0 bridgehead atoms. The number of rotatable bonds is 13. The molecule has 0 amide bonds. The van der Waals surface area contributed by atoms with Gasteiger partial charge in [-0.25, -0.2) is 0 Å². The summed E-state index contributed by atoms with van der Waals surface area (Å²) in [5.74, 6) is 0.0873. The topological polar surface area (TPSA) is 35.5 Å². The third-order valence-electron chi connectivity index (χ3n) is 8.52. The maximum Gasteiger partial charge on any atom is 0.192 e. The highest BCUT2D eigenvalue weighted by Crippen LogP contribution is 2.46. The van der Waals surface area contributed by atoms with Crippen LogP contribution >= 0.6 is 0 Å². The summed E-state index contributed by atoms with van der Waals surface area (Å²) in [5, 5.41) is 0.267. The number of hydrogen-bond donors (Lipinski definition) is 0. The zero-order chi connectivity index (χ0) is 26.2. The van der Waals surface area contributed by atoms with Crippen LogP contribution in [-0.4, -0.2) is 35.1 Å². The van der Waals surface area contributed by atoms with Crippen molar-refractivity contribution >= 4 is 22.9 Å². The molecule has 1 aliphatic rings. The molecular weight excluding hydrogens is 452 g/mol. The quantitative estimate of drug-likeness (QED) is 0.108. The van der Waals surface area contributed by atoms with E-state index in [1.54, 1.807) is 0 Å². The van der Waals surface area contributed by atoms with E-state index in [2.05, 4.69) is 99.0 Å². The summed E-state index contributed by atoms with van der Waals surface area (Å²) in [7, 11) is -3.93. The standard InChI is InChI=1S/C29H56O3Si2/c1-12-13-14-15-16-17-18-19-20-21-24-25(23-30)27(32-34(10,11)29(5,6)7)22-26(24)31-33(8,9)28(2,3)4/h16-17,19-20,23-27H,12-15,18,21-22H2,1-11H3/b17-16-,20-19-/t24-,25+,26-,27+/m1/s1. The van der Waals surface area contributed by atoms with Gasteiger partial charge in [-0.1, -0.05) is 85.6 Å². The maximum absolute atomic E-state index is 12.4. The predicted molar refractivity (Wildman–Crippen MR) is 153 cm³/mol. The van der Waals surface area contributed by atoms with E-state index >= 15 is 0 Å². The second-order valence-electron chi connectivity index (χ2n) is 13.4. The van der Waals surface area contributed by atoms with Crippen LogP contribution in [0, 0.1) is 11.8 Å². The third-order valence-corrected chi connectivity index (χ3v) is 17.5. The number of hydrogen-bond acceptors (Lipinski definition) is 3. The van der Waals surface area contributed by atoms with Crippen LogP contribution in [0.1, 0.15) is 93.4 Å². The Hall–Kier alpha value is -0.496. The van der Waals surface area contributed by atoms with Crippen LogP contribution in [0.4, 0.5) is 0 Å². The molecule has 0 aliphatic heterocycles. The molecule has 0 saturated heterocycles. The molecule has 1 saturated carbocycles. The minimum absolute atomic E-state index is 0.0370. The fraction of sp³-hybridized carbons (Fsp3) is 0.828. The molecule has 34 heavy (non-hydrogen) atoms. The first-order chi connectivity index (χ1) is 15.6. The zero-order valence-corrected chi connectivity index (χ0v) is 26.4. The van der Waals surface area contributed by atoms with Crippen LogP contribution in [0.3, 0.4) is 0 Å². The van der Waals surface area contributed by atoms with Crippen molar-refractivity contribution in [1.29, 1.82) is 0 Å². The van der Waals surface area contributed by atoms with Gasteiger partial charge in [0, 0.05) is 5.92 Å². The van der Waals surface area contributed by atoms with E-state index in [9.17, 15) is 4.79 Å². The summed E-state index contributed by atoms with van der Waals surface area (Å²) in [4.78, 5) is 12.4. The van der Waals surface area contributed by atoms with Gasteiger partial charge < -0.3 is 13.6 Å². The van der Waals surface area contributed by atoms with Crippen molar-refractivity contribution in [2.24, 2.45) is 11.8 Å². The molecule has 0 spiro atoms. The lowest BCUT2D eigenvalue weighted by Gasteiger charge is -2.40. The van der Waals surface area contributed by atoms with Crippen LogP contribution in [0.2, 0.25) is 36.3 Å². The summed E-state index contributed by atoms with van der Waals surface area (Å²) < 4.78 is 13.8. The van der Waals surface area contributed by atoms with Gasteiger partial charge in [-0.05, 0) is 74.3 Å². The smallest absolute Gasteiger partial charge is 0.192 e. The molecule has 0 aromatic carbocycles. The number of allylic oxidation sites excluding steroid dienone is 4. The van der Waals surface area contributed by atoms with Crippen molar-refractivity contribution in [2.45, 2.75) is 142 Å². The largest absolute Gasteiger partial charge is 0.414 e. The normalized spacial score (nSPS) is 25.0. The molecule has 1 rings (SSSR count). The molecule has 198 valence electrons. The first-order valence-electron chi connectivity index (χ1n) is 13.7. The van der Waals surface area contributed by atoms with Crippen LogP contribution in [-0.2, 0) is 13.6 Å². The van der Waals surface area contributed by atoms with Crippen molar-refractivity contribution < 1.29 is 13.6 Å². The van der Waals surface area contributed by atoms with E-state index < -0.39 is 16.6 Å². The Morgan fingerprint density at radius 3 is 1.82 bits per heavy atom. The monoisotopic (exact) mass is 508 g/mol. The molecule has 0 heterocycles. The molecule has 1 fully saturated rings. The van der Waals surface area contributed by atoms with Gasteiger partial charge in [0.05, 0.1) is 12.2 Å². The average molecular weight is 509 g/mol. The van der Waals surface area contributed by atoms with Gasteiger partial charge in [-0.3, -0.25) is 0 Å². The molecule has 0 N–H and O–H groups in total. The van der Waals surface area contributed by atoms with E-state index in [1.807, 2.05) is 0 Å². The van der Waals surface area contributed by atoms with Crippen molar-refractivity contribution in [3.63, 3.8) is 0 Å². The Kier molecular flexibility index (Phi) is 12.2. The molecule has 5 heteroatoms. The van der Waals surface area contributed by atoms with Gasteiger partial charge in [0.2, 0.25) is 0 Å². The molecule has 4 atom stereocenters. The first-order valence-corrected chi connectivity index (χ1v) is 19.5. The van der Waals surface area contributed by atoms with Gasteiger partial charge in [0.25, 0.3) is 0 Å². The van der Waals surface area contributed by atoms with Crippen molar-refractivity contribution in [2.75, 3.05) is 0 Å². The molecule has 0 unspecified atom stereocenters. The van der Waals surface area contributed by atoms with E-state index in [0.717, 1.165) is 19.3 Å². The lowest BCUT2D eigenvalue weighted by Crippen LogP contribution is -2.45. The summed E-state index contributed by atoms with van der Waals surface area (Å²) in [6.45, 7) is 25.1. The van der Waals surface area contributed by atoms with Gasteiger partial charge in [-0.2, -0.15) is 0 Å². The van der Waals surface area contributed by atoms with Gasteiger partial charge in [0.1, 0.15) is 6.29 Å². The highest BCUT2D eigenvalue weighted by atomic mass is 28.4. The van der Waals surface area contributed by atoms with Crippen LogP contribution < -0.4 is 0 Å². The number of unbranched alkanes of at least 4 members (excludes halogenated alkanes) is 3. The highest BCUT2D eigenvalue weighted by Gasteiger charge is 2.51. The van der Waals surface area contributed by atoms with Gasteiger partial charge in [0.15, 0.2) is 16.6 Å². The third kappa shape index (κ3) is 9.18. The van der Waals surface area contributed by atoms with Crippen molar-refractivity contribution in [3.8, 4) is 0 Å². The summed E-state index contributed by atoms with van der Waals surface area (Å²) in [6, 6.07) is 0. The van der Waals surface area contributed by atoms with E-state index in [1.165, 1.54) is 32.0 Å². The maximum atomic E-state index is 12.4. The molecule has 0 aromatic heterocycles. The van der Waals surface area contributed by atoms with Gasteiger partial charge in [-0.15, -0.1) is 0 Å². The lowest BCUT2D eigenvalue weighted by atomic mass is 9.91. The Morgan fingerprint density at radius 1 is 0.794 bits per heavy atom. The zero-order valence-electron chi connectivity index (χ0n) is 24.4. The van der Waals surface area contributed by atoms with Crippen molar-refractivity contribution in [3.05, 3.63) is 24.3 Å². The average Bonchev–Trinajstić information content (AvgIpc) is 2.99. The van der Waals surface area contributed by atoms with Gasteiger partial charge >= 0.3 is 0 Å². The Balaban J connectivity index is 2.99. The molecule has 0 aromatic rings. The second-order valence-corrected chi connectivity index (χ2v) is 22.9. The molecular formula is C29H56O3Si2. The Labute approximate surface area is 214 Å². The van der Waals surface area contributed by atoms with Crippen LogP contribution in [0.25, 0.3) is 0 Å². The highest BCUT2D eigenvalue weighted by molar-refractivity contribution is 6.74. The molecule has 1 aliphatic carbocycles. The van der Waals surface area contributed by atoms with Crippen LogP contribution in [0.5, 0.6) is 0 Å². The minimum atomic E-state index is -1.98. The Morgan fingerprint density at radius 2 is 1.32 bits per heavy atom. The summed E-state index contributed by atoms with van der Waals surface area (Å²) >= 11 is 0. The fourth-order valence-electron chi connectivity index (χ4n) is 4.11. The predicted octanol–water partition coefficient (Wildman–Crippen LogP) is 9.08. The summed E-state index contributed by atoms with van der Waals surface area (Å²) in [6.07, 6.45) is 18.0. The second kappa shape index (κ2) is 13.2. The van der Waals surface area contributed by atoms with E-state index in [-0.39, 0.29) is 34.1 Å². The number of carbonyl (C=O) groups excluding carboxylic acids is 1. The Bertz CT molecular complexity index is 668. The van der Waals surface area contributed by atoms with E-state index in [4.69, 9.17) is 8.85 Å². The number of carbonyl (C=O) groups is 1. The molecule has 3 nitrogen and oxygen atoms in total.